The summed E-state index contributed by atoms with van der Waals surface area (Å²) in [5.41, 5.74) is 6.98. The third kappa shape index (κ3) is 3.21. The lowest BCUT2D eigenvalue weighted by Gasteiger charge is -2.37. The minimum atomic E-state index is -0.605. The van der Waals surface area contributed by atoms with E-state index >= 15 is 0 Å². The number of nitrogens with zero attached hydrogens (tertiary/aromatic N) is 1. The van der Waals surface area contributed by atoms with Crippen molar-refractivity contribution in [3.05, 3.63) is 46.8 Å². The van der Waals surface area contributed by atoms with Gasteiger partial charge in [-0.1, -0.05) is 0 Å². The predicted octanol–water partition coefficient (Wildman–Crippen LogP) is 1.45. The van der Waals surface area contributed by atoms with Gasteiger partial charge in [-0.25, -0.2) is 13.6 Å². The van der Waals surface area contributed by atoms with Crippen LogP contribution in [0.4, 0.5) is 13.6 Å². The molecule has 3 rings (SSSR count). The topological polar surface area (TPSA) is 70.4 Å². The Kier molecular flexibility index (Phi) is 4.34. The second-order valence-corrected chi connectivity index (χ2v) is 6.21. The molecule has 1 aromatic rings. The van der Waals surface area contributed by atoms with Gasteiger partial charge in [-0.3, -0.25) is 0 Å². The van der Waals surface area contributed by atoms with Gasteiger partial charge in [0, 0.05) is 18.3 Å². The van der Waals surface area contributed by atoms with Crippen molar-refractivity contribution in [1.82, 2.24) is 15.5 Å². The molecule has 5 nitrogen and oxygen atoms in total. The number of nitrogens with one attached hydrogen (secondary N) is 2. The van der Waals surface area contributed by atoms with Gasteiger partial charge in [0.25, 0.3) is 0 Å². The molecule has 23 heavy (non-hydrogen) atoms. The number of carbonyl (C=O) groups is 1. The summed E-state index contributed by atoms with van der Waals surface area (Å²) in [5.74, 6) is -1.04. The summed E-state index contributed by atoms with van der Waals surface area (Å²) >= 11 is 4.48. The third-order valence-corrected chi connectivity index (χ3v) is 4.66. The molecule has 0 spiro atoms. The molecule has 0 bridgehead atoms. The first-order valence-electron chi connectivity index (χ1n) is 7.37. The monoisotopic (exact) mass is 340 g/mol. The number of benzene rings is 1. The second kappa shape index (κ2) is 6.27. The SMILES string of the molecule is NC(=O)NCC1=CNC(S)N1C1CCc2c(F)cc(F)cc2C1. The Hall–Kier alpha value is -1.96. The van der Waals surface area contributed by atoms with Crippen LogP contribution in [0.1, 0.15) is 17.5 Å². The van der Waals surface area contributed by atoms with Crippen LogP contribution in [0.3, 0.4) is 0 Å². The summed E-state index contributed by atoms with van der Waals surface area (Å²) in [6.45, 7) is 0.278. The molecule has 1 aliphatic heterocycles. The number of hydrogen-bond acceptors (Lipinski definition) is 4. The Morgan fingerprint density at radius 1 is 1.48 bits per heavy atom. The molecule has 1 heterocycles. The molecule has 0 radical (unpaired) electrons. The van der Waals surface area contributed by atoms with E-state index in [2.05, 4.69) is 23.3 Å². The molecule has 0 aromatic heterocycles. The third-order valence-electron chi connectivity index (χ3n) is 4.27. The van der Waals surface area contributed by atoms with Crippen LogP contribution in [0.25, 0.3) is 0 Å². The number of halogens is 2. The van der Waals surface area contributed by atoms with Gasteiger partial charge in [-0.15, -0.1) is 12.6 Å². The van der Waals surface area contributed by atoms with Gasteiger partial charge in [-0.05, 0) is 36.5 Å². The summed E-state index contributed by atoms with van der Waals surface area (Å²) in [7, 11) is 0. The first-order valence-corrected chi connectivity index (χ1v) is 7.89. The average molecular weight is 340 g/mol. The van der Waals surface area contributed by atoms with E-state index in [4.69, 9.17) is 5.73 Å². The van der Waals surface area contributed by atoms with Gasteiger partial charge in [0.05, 0.1) is 12.2 Å². The largest absolute Gasteiger partial charge is 0.361 e. The predicted molar refractivity (Wildman–Crippen MR) is 85.6 cm³/mol. The highest BCUT2D eigenvalue weighted by Gasteiger charge is 2.33. The number of rotatable bonds is 3. The van der Waals surface area contributed by atoms with E-state index in [0.29, 0.717) is 24.0 Å². The van der Waals surface area contributed by atoms with Crippen molar-refractivity contribution >= 4 is 18.7 Å². The fourth-order valence-electron chi connectivity index (χ4n) is 3.26. The molecule has 2 aliphatic rings. The van der Waals surface area contributed by atoms with Crippen LogP contribution in [0.15, 0.2) is 24.0 Å². The van der Waals surface area contributed by atoms with Crippen molar-refractivity contribution < 1.29 is 13.6 Å². The van der Waals surface area contributed by atoms with Crippen LogP contribution in [0.5, 0.6) is 0 Å². The highest BCUT2D eigenvalue weighted by atomic mass is 32.1. The second-order valence-electron chi connectivity index (χ2n) is 5.72. The smallest absolute Gasteiger partial charge is 0.312 e. The highest BCUT2D eigenvalue weighted by molar-refractivity contribution is 7.80. The molecule has 124 valence electrons. The number of thiol groups is 1. The molecular formula is C15H18F2N4OS. The van der Waals surface area contributed by atoms with Gasteiger partial charge in [-0.2, -0.15) is 0 Å². The summed E-state index contributed by atoms with van der Waals surface area (Å²) in [5, 5.41) is 5.62. The van der Waals surface area contributed by atoms with Gasteiger partial charge >= 0.3 is 6.03 Å². The van der Waals surface area contributed by atoms with Gasteiger partial charge in [0.2, 0.25) is 0 Å². The van der Waals surface area contributed by atoms with Crippen LogP contribution in [0.2, 0.25) is 0 Å². The van der Waals surface area contributed by atoms with Crippen molar-refractivity contribution in [2.75, 3.05) is 6.54 Å². The number of primary amides is 1. The first kappa shape index (κ1) is 15.9. The van der Waals surface area contributed by atoms with Crippen molar-refractivity contribution in [2.45, 2.75) is 30.8 Å². The summed E-state index contributed by atoms with van der Waals surface area (Å²) in [4.78, 5) is 12.9. The molecule has 2 unspecified atom stereocenters. The van der Waals surface area contributed by atoms with E-state index in [1.807, 2.05) is 4.90 Å². The molecule has 2 amide bonds. The fraction of sp³-hybridized carbons (Fsp3) is 0.400. The molecular weight excluding hydrogens is 322 g/mol. The Morgan fingerprint density at radius 3 is 3.00 bits per heavy atom. The summed E-state index contributed by atoms with van der Waals surface area (Å²) in [6.07, 6.45) is 3.56. The first-order chi connectivity index (χ1) is 11.0. The number of urea groups is 1. The lowest BCUT2D eigenvalue weighted by Crippen LogP contribution is -2.46. The van der Waals surface area contributed by atoms with E-state index < -0.39 is 17.7 Å². The zero-order valence-corrected chi connectivity index (χ0v) is 13.2. The van der Waals surface area contributed by atoms with Crippen molar-refractivity contribution in [1.29, 1.82) is 0 Å². The molecule has 1 aromatic carbocycles. The molecule has 4 N–H and O–H groups in total. The van der Waals surface area contributed by atoms with Crippen LogP contribution in [0, 0.1) is 11.6 Å². The fourth-order valence-corrected chi connectivity index (χ4v) is 3.67. The van der Waals surface area contributed by atoms with E-state index in [1.54, 1.807) is 6.20 Å². The molecule has 0 saturated carbocycles. The van der Waals surface area contributed by atoms with Crippen LogP contribution in [-0.4, -0.2) is 29.0 Å². The lowest BCUT2D eigenvalue weighted by molar-refractivity contribution is 0.217. The van der Waals surface area contributed by atoms with E-state index in [9.17, 15) is 13.6 Å². The minimum Gasteiger partial charge on any atom is -0.361 e. The Balaban J connectivity index is 1.79. The van der Waals surface area contributed by atoms with Crippen LogP contribution < -0.4 is 16.4 Å². The molecule has 0 saturated heterocycles. The van der Waals surface area contributed by atoms with Crippen LogP contribution in [-0.2, 0) is 12.8 Å². The minimum absolute atomic E-state index is 0.0436. The maximum Gasteiger partial charge on any atom is 0.312 e. The molecule has 8 heteroatoms. The Bertz CT molecular complexity index is 667. The van der Waals surface area contributed by atoms with Gasteiger partial charge in [0.1, 0.15) is 17.1 Å². The zero-order valence-electron chi connectivity index (χ0n) is 12.4. The standard InChI is InChI=1S/C15H18F2N4OS/c16-9-3-8-4-10(1-2-12(8)13(17)5-9)21-11(6-19-14(18)22)7-20-15(21)23/h3,5,7,10,15,20,23H,1-2,4,6H2,(H3,18,19,22). The highest BCUT2D eigenvalue weighted by Crippen LogP contribution is 2.31. The average Bonchev–Trinajstić information content (AvgIpc) is 2.85. The van der Waals surface area contributed by atoms with E-state index in [-0.39, 0.29) is 18.1 Å². The van der Waals surface area contributed by atoms with Crippen molar-refractivity contribution in [3.8, 4) is 0 Å². The maximum atomic E-state index is 13.8. The molecule has 1 aliphatic carbocycles. The number of amides is 2. The number of hydrogen-bond donors (Lipinski definition) is 4. The van der Waals surface area contributed by atoms with Gasteiger partial charge < -0.3 is 21.3 Å². The summed E-state index contributed by atoms with van der Waals surface area (Å²) < 4.78 is 27.3. The number of nitrogens with two attached hydrogens (primary N) is 1. The summed E-state index contributed by atoms with van der Waals surface area (Å²) in [6, 6.07) is 1.76. The number of fused-ring (bicyclic) bond motifs is 1. The zero-order chi connectivity index (χ0) is 16.6. The Morgan fingerprint density at radius 2 is 2.26 bits per heavy atom. The van der Waals surface area contributed by atoms with E-state index in [1.165, 1.54) is 6.07 Å². The normalized spacial score (nSPS) is 23.1. The molecule has 0 fully saturated rings. The van der Waals surface area contributed by atoms with Crippen molar-refractivity contribution in [2.24, 2.45) is 5.73 Å². The molecule has 2 atom stereocenters. The quantitative estimate of drug-likeness (QED) is 0.630. The maximum absolute atomic E-state index is 13.8. The Labute approximate surface area is 138 Å². The van der Waals surface area contributed by atoms with Crippen molar-refractivity contribution in [3.63, 3.8) is 0 Å². The van der Waals surface area contributed by atoms with Gasteiger partial charge in [0.15, 0.2) is 0 Å². The van der Waals surface area contributed by atoms with Crippen LogP contribution >= 0.6 is 12.6 Å². The lowest BCUT2D eigenvalue weighted by atomic mass is 9.87. The van der Waals surface area contributed by atoms with E-state index in [0.717, 1.165) is 18.2 Å². The number of carbonyl (C=O) groups excluding carboxylic acids is 1.